The summed E-state index contributed by atoms with van der Waals surface area (Å²) in [5.41, 5.74) is 2.81. The van der Waals surface area contributed by atoms with Crippen LogP contribution in [0.15, 0.2) is 58.8 Å². The Hall–Kier alpha value is -3.39. The Kier molecular flexibility index (Phi) is 5.30. The molecule has 7 nitrogen and oxygen atoms in total. The zero-order valence-electron chi connectivity index (χ0n) is 18.1. The number of fused-ring (bicyclic) bond motifs is 1. The number of para-hydroxylation sites is 1. The van der Waals surface area contributed by atoms with Gasteiger partial charge in [0, 0.05) is 49.0 Å². The summed E-state index contributed by atoms with van der Waals surface area (Å²) < 4.78 is 3.60. The van der Waals surface area contributed by atoms with Gasteiger partial charge in [0.1, 0.15) is 10.4 Å². The molecule has 1 aliphatic heterocycles. The number of piperidine rings is 1. The molecule has 0 saturated carbocycles. The average Bonchev–Trinajstić information content (AvgIpc) is 3.42. The summed E-state index contributed by atoms with van der Waals surface area (Å²) in [5, 5.41) is 5.46. The van der Waals surface area contributed by atoms with Crippen molar-refractivity contribution in [3.05, 3.63) is 81.3 Å². The maximum atomic E-state index is 13.2. The average molecular weight is 448 g/mol. The second-order valence-corrected chi connectivity index (χ2v) is 9.13. The fraction of sp³-hybridized carbons (Fsp3) is 0.292. The lowest BCUT2D eigenvalue weighted by Crippen LogP contribution is -2.42. The summed E-state index contributed by atoms with van der Waals surface area (Å²) in [5.74, 6) is 0.708. The Bertz CT molecular complexity index is 1340. The van der Waals surface area contributed by atoms with Crippen LogP contribution in [0.1, 0.15) is 40.5 Å². The summed E-state index contributed by atoms with van der Waals surface area (Å²) in [6.45, 7) is 3.08. The number of amides is 1. The van der Waals surface area contributed by atoms with Crippen molar-refractivity contribution in [1.82, 2.24) is 18.9 Å². The number of anilines is 2. The van der Waals surface area contributed by atoms with Crippen molar-refractivity contribution >= 4 is 33.7 Å². The van der Waals surface area contributed by atoms with Crippen molar-refractivity contribution in [2.75, 3.05) is 18.4 Å². The lowest BCUT2D eigenvalue weighted by atomic mass is 9.94. The minimum Gasteiger partial charge on any atom is -0.338 e. The Balaban J connectivity index is 1.43. The number of thiazole rings is 1. The third-order valence-corrected chi connectivity index (χ3v) is 7.08. The number of aromatic nitrogens is 3. The minimum absolute atomic E-state index is 0.127. The van der Waals surface area contributed by atoms with Gasteiger partial charge in [0.05, 0.1) is 5.69 Å². The number of likely N-dealkylation sites (tertiary alicyclic amines) is 1. The van der Waals surface area contributed by atoms with Gasteiger partial charge in [0.15, 0.2) is 0 Å². The van der Waals surface area contributed by atoms with E-state index >= 15 is 0 Å². The molecule has 1 amide bonds. The number of rotatable bonds is 4. The second kappa shape index (κ2) is 8.27. The highest BCUT2D eigenvalue weighted by Crippen LogP contribution is 2.34. The van der Waals surface area contributed by atoms with E-state index in [0.717, 1.165) is 40.7 Å². The molecule has 164 valence electrons. The number of hydrogen-bond acceptors (Lipinski definition) is 5. The van der Waals surface area contributed by atoms with E-state index in [2.05, 4.69) is 15.1 Å². The van der Waals surface area contributed by atoms with E-state index in [-0.39, 0.29) is 22.9 Å². The van der Waals surface area contributed by atoms with Crippen molar-refractivity contribution in [1.29, 1.82) is 0 Å². The Morgan fingerprint density at radius 3 is 2.81 bits per heavy atom. The lowest BCUT2D eigenvalue weighted by Gasteiger charge is -2.32. The molecule has 4 aromatic rings. The molecule has 0 unspecified atom stereocenters. The zero-order valence-corrected chi connectivity index (χ0v) is 18.9. The first kappa shape index (κ1) is 20.5. The molecular formula is C24H25N5O2S. The predicted octanol–water partition coefficient (Wildman–Crippen LogP) is 4.17. The van der Waals surface area contributed by atoms with Crippen LogP contribution in [0.3, 0.4) is 0 Å². The van der Waals surface area contributed by atoms with Crippen molar-refractivity contribution in [3.8, 4) is 0 Å². The maximum absolute atomic E-state index is 13.2. The lowest BCUT2D eigenvalue weighted by molar-refractivity contribution is 0.0704. The maximum Gasteiger partial charge on any atom is 0.263 e. The van der Waals surface area contributed by atoms with Crippen LogP contribution in [0, 0.1) is 6.92 Å². The first-order valence-electron chi connectivity index (χ1n) is 10.8. The van der Waals surface area contributed by atoms with E-state index in [4.69, 9.17) is 4.98 Å². The fourth-order valence-electron chi connectivity index (χ4n) is 4.30. The fourth-order valence-corrected chi connectivity index (χ4v) is 5.20. The van der Waals surface area contributed by atoms with Gasteiger partial charge in [-0.2, -0.15) is 0 Å². The van der Waals surface area contributed by atoms with Crippen molar-refractivity contribution < 1.29 is 4.79 Å². The third kappa shape index (κ3) is 3.60. The van der Waals surface area contributed by atoms with E-state index in [9.17, 15) is 9.59 Å². The third-order valence-electron chi connectivity index (χ3n) is 6.19. The first-order chi connectivity index (χ1) is 15.5. The molecule has 1 aromatic carbocycles. The molecule has 8 heteroatoms. The van der Waals surface area contributed by atoms with E-state index in [1.54, 1.807) is 24.5 Å². The Labute approximate surface area is 189 Å². The Morgan fingerprint density at radius 2 is 2.00 bits per heavy atom. The highest BCUT2D eigenvalue weighted by molar-refractivity contribution is 7.15. The van der Waals surface area contributed by atoms with Gasteiger partial charge in [0.25, 0.3) is 11.5 Å². The van der Waals surface area contributed by atoms with Crippen LogP contribution in [0.25, 0.3) is 4.83 Å². The highest BCUT2D eigenvalue weighted by atomic mass is 32.1. The van der Waals surface area contributed by atoms with Gasteiger partial charge in [-0.15, -0.1) is 11.3 Å². The van der Waals surface area contributed by atoms with Crippen molar-refractivity contribution in [2.24, 2.45) is 7.05 Å². The number of aryl methyl sites for hydroxylation is 1. The summed E-state index contributed by atoms with van der Waals surface area (Å²) in [6, 6.07) is 13.5. The number of benzene rings is 1. The molecule has 4 heterocycles. The zero-order chi connectivity index (χ0) is 22.2. The molecule has 0 spiro atoms. The molecule has 1 saturated heterocycles. The quantitative estimate of drug-likeness (QED) is 0.510. The predicted molar refractivity (Wildman–Crippen MR) is 127 cm³/mol. The van der Waals surface area contributed by atoms with Gasteiger partial charge in [-0.05, 0) is 44.0 Å². The summed E-state index contributed by atoms with van der Waals surface area (Å²) in [6.07, 6.45) is 3.86. The van der Waals surface area contributed by atoms with E-state index < -0.39 is 0 Å². The largest absolute Gasteiger partial charge is 0.338 e. The van der Waals surface area contributed by atoms with Gasteiger partial charge in [-0.3, -0.25) is 14.0 Å². The van der Waals surface area contributed by atoms with Gasteiger partial charge in [-0.25, -0.2) is 4.98 Å². The van der Waals surface area contributed by atoms with Gasteiger partial charge < -0.3 is 14.8 Å². The van der Waals surface area contributed by atoms with Crippen LogP contribution in [-0.4, -0.2) is 37.8 Å². The highest BCUT2D eigenvalue weighted by Gasteiger charge is 2.30. The normalized spacial score (nSPS) is 16.4. The number of carbonyl (C=O) groups is 1. The number of hydrogen-bond donors (Lipinski definition) is 1. The smallest absolute Gasteiger partial charge is 0.263 e. The molecule has 32 heavy (non-hydrogen) atoms. The molecule has 0 aliphatic carbocycles. The first-order valence-corrected chi connectivity index (χ1v) is 11.6. The molecule has 1 N–H and O–H groups in total. The standard InChI is InChI=1S/C24H25N5O2S/c1-16-10-11-19(21(30)27(16)2)22(31)28-12-6-7-17(15-28)20-23-29(13-14-32-23)24(26-20)25-18-8-4-3-5-9-18/h3-5,8-11,13-14,17H,6-7,12,15H2,1-2H3,(H,25,26)/t17-/m1/s1. The minimum atomic E-state index is -0.242. The number of nitrogens with one attached hydrogen (secondary N) is 1. The van der Waals surface area contributed by atoms with E-state index in [1.165, 1.54) is 4.57 Å². The topological polar surface area (TPSA) is 71.6 Å². The number of pyridine rings is 1. The van der Waals surface area contributed by atoms with Crippen molar-refractivity contribution in [3.63, 3.8) is 0 Å². The summed E-state index contributed by atoms with van der Waals surface area (Å²) >= 11 is 1.65. The van der Waals surface area contributed by atoms with Gasteiger partial charge in [0.2, 0.25) is 5.95 Å². The van der Waals surface area contributed by atoms with Crippen LogP contribution >= 0.6 is 11.3 Å². The monoisotopic (exact) mass is 447 g/mol. The summed E-state index contributed by atoms with van der Waals surface area (Å²) in [7, 11) is 1.70. The van der Waals surface area contributed by atoms with E-state index in [0.29, 0.717) is 13.1 Å². The molecule has 3 aromatic heterocycles. The SMILES string of the molecule is Cc1ccc(C(=O)N2CCC[C@@H](c3nc(Nc4ccccc4)n4ccsc34)C2)c(=O)n1C. The van der Waals surface area contributed by atoms with E-state index in [1.807, 2.05) is 54.4 Å². The number of carbonyl (C=O) groups excluding carboxylic acids is 1. The molecule has 5 rings (SSSR count). The number of nitrogens with zero attached hydrogens (tertiary/aromatic N) is 4. The van der Waals surface area contributed by atoms with Gasteiger partial charge in [-0.1, -0.05) is 18.2 Å². The summed E-state index contributed by atoms with van der Waals surface area (Å²) in [4.78, 5) is 33.7. The van der Waals surface area contributed by atoms with Crippen LogP contribution in [-0.2, 0) is 7.05 Å². The van der Waals surface area contributed by atoms with Crippen LogP contribution in [0.5, 0.6) is 0 Å². The van der Waals surface area contributed by atoms with Crippen molar-refractivity contribution in [2.45, 2.75) is 25.7 Å². The van der Waals surface area contributed by atoms with Crippen LogP contribution in [0.2, 0.25) is 0 Å². The molecule has 1 aliphatic rings. The van der Waals surface area contributed by atoms with Gasteiger partial charge >= 0.3 is 0 Å². The Morgan fingerprint density at radius 1 is 1.19 bits per heavy atom. The number of imidazole rings is 1. The molecule has 1 fully saturated rings. The van der Waals surface area contributed by atoms with Crippen LogP contribution in [0.4, 0.5) is 11.6 Å². The molecular weight excluding hydrogens is 422 g/mol. The molecule has 0 radical (unpaired) electrons. The van der Waals surface area contributed by atoms with Crippen LogP contribution < -0.4 is 10.9 Å². The molecule has 0 bridgehead atoms. The second-order valence-electron chi connectivity index (χ2n) is 8.23. The molecule has 1 atom stereocenters.